The number of nitrogens with zero attached hydrogens (tertiary/aromatic N) is 2. The number of rotatable bonds is 5. The zero-order valence-corrected chi connectivity index (χ0v) is 17.7. The summed E-state index contributed by atoms with van der Waals surface area (Å²) in [5, 5.41) is 10.2. The van der Waals surface area contributed by atoms with Crippen LogP contribution in [0.3, 0.4) is 0 Å². The Bertz CT molecular complexity index is 1180. The van der Waals surface area contributed by atoms with Gasteiger partial charge in [0.25, 0.3) is 0 Å². The number of halogens is 3. The summed E-state index contributed by atoms with van der Waals surface area (Å²) in [6, 6.07) is 16.5. The van der Waals surface area contributed by atoms with Crippen molar-refractivity contribution in [1.29, 1.82) is 0 Å². The minimum Gasteiger partial charge on any atom is -0.455 e. The van der Waals surface area contributed by atoms with Crippen molar-refractivity contribution in [3.8, 4) is 11.3 Å². The van der Waals surface area contributed by atoms with E-state index in [1.165, 1.54) is 12.3 Å². The Labute approximate surface area is 186 Å². The lowest BCUT2D eigenvalue weighted by Crippen LogP contribution is -2.26. The third-order valence-corrected chi connectivity index (χ3v) is 5.82. The maximum Gasteiger partial charge on any atom is 0.416 e. The summed E-state index contributed by atoms with van der Waals surface area (Å²) < 4.78 is 44.4. The summed E-state index contributed by atoms with van der Waals surface area (Å²) in [5.74, 6) is 0.879. The van der Waals surface area contributed by atoms with E-state index in [2.05, 4.69) is 15.5 Å². The molecule has 32 heavy (non-hydrogen) atoms. The zero-order valence-electron chi connectivity index (χ0n) is 16.9. The molecule has 0 unspecified atom stereocenters. The first-order valence-electron chi connectivity index (χ1n) is 9.69. The fourth-order valence-electron chi connectivity index (χ4n) is 3.11. The van der Waals surface area contributed by atoms with Crippen molar-refractivity contribution >= 4 is 29.1 Å². The van der Waals surface area contributed by atoms with Crippen molar-refractivity contribution in [2.24, 2.45) is 10.2 Å². The van der Waals surface area contributed by atoms with E-state index in [1.54, 1.807) is 12.1 Å². The largest absolute Gasteiger partial charge is 0.455 e. The van der Waals surface area contributed by atoms with Gasteiger partial charge in [-0.25, -0.2) is 0 Å². The molecular formula is C23H18F3N3O2S. The average Bonchev–Trinajstić information content (AvgIpc) is 3.35. The molecule has 0 aliphatic carbocycles. The fraction of sp³-hybridized carbons (Fsp3) is 0.174. The molecule has 1 saturated heterocycles. The van der Waals surface area contributed by atoms with Crippen LogP contribution >= 0.6 is 11.8 Å². The van der Waals surface area contributed by atoms with Crippen LogP contribution in [0, 0.1) is 6.92 Å². The normalized spacial score (nSPS) is 17.9. The third-order valence-electron chi connectivity index (χ3n) is 4.75. The number of carbonyl (C=O) groups excluding carboxylic acids is 1. The second-order valence-electron chi connectivity index (χ2n) is 7.22. The number of aryl methyl sites for hydroxylation is 1. The van der Waals surface area contributed by atoms with Crippen molar-refractivity contribution in [2.75, 3.05) is 0 Å². The lowest BCUT2D eigenvalue weighted by molar-refractivity contribution is -0.137. The number of furan rings is 1. The van der Waals surface area contributed by atoms with Gasteiger partial charge in [-0.05, 0) is 37.1 Å². The van der Waals surface area contributed by atoms with Gasteiger partial charge in [-0.1, -0.05) is 59.8 Å². The van der Waals surface area contributed by atoms with Crippen LogP contribution in [0.25, 0.3) is 11.3 Å². The molecule has 5 nitrogen and oxygen atoms in total. The van der Waals surface area contributed by atoms with Gasteiger partial charge >= 0.3 is 6.18 Å². The second kappa shape index (κ2) is 9.04. The molecule has 1 aliphatic heterocycles. The lowest BCUT2D eigenvalue weighted by Gasteiger charge is -2.10. The van der Waals surface area contributed by atoms with Gasteiger partial charge in [-0.2, -0.15) is 18.3 Å². The van der Waals surface area contributed by atoms with Gasteiger partial charge in [0, 0.05) is 5.56 Å². The molecule has 2 heterocycles. The summed E-state index contributed by atoms with van der Waals surface area (Å²) in [7, 11) is 0. The molecule has 1 fully saturated rings. The SMILES string of the molecule is Cc1ccc(-c2ccc(/C=N\N=C3/NC(=O)[C@@H](Cc4cccc(C(F)(F)F)c4)S3)o2)cc1. The van der Waals surface area contributed by atoms with E-state index >= 15 is 0 Å². The Morgan fingerprint density at radius 3 is 2.66 bits per heavy atom. The first kappa shape index (κ1) is 21.9. The van der Waals surface area contributed by atoms with E-state index < -0.39 is 17.0 Å². The Hall–Kier alpha value is -3.33. The topological polar surface area (TPSA) is 67.0 Å². The van der Waals surface area contributed by atoms with Gasteiger partial charge in [0.2, 0.25) is 5.91 Å². The van der Waals surface area contributed by atoms with Crippen molar-refractivity contribution in [3.63, 3.8) is 0 Å². The van der Waals surface area contributed by atoms with Crippen LogP contribution in [0.4, 0.5) is 13.2 Å². The van der Waals surface area contributed by atoms with E-state index in [4.69, 9.17) is 4.42 Å². The monoisotopic (exact) mass is 457 g/mol. The van der Waals surface area contributed by atoms with E-state index in [9.17, 15) is 18.0 Å². The van der Waals surface area contributed by atoms with Gasteiger partial charge in [-0.15, -0.1) is 5.10 Å². The third kappa shape index (κ3) is 5.28. The molecule has 2 aromatic carbocycles. The Balaban J connectivity index is 1.38. The molecule has 4 rings (SSSR count). The molecular weight excluding hydrogens is 439 g/mol. The van der Waals surface area contributed by atoms with Crippen LogP contribution in [0.2, 0.25) is 0 Å². The number of amidine groups is 1. The molecule has 1 N–H and O–H groups in total. The summed E-state index contributed by atoms with van der Waals surface area (Å²) in [4.78, 5) is 12.2. The van der Waals surface area contributed by atoms with Crippen LogP contribution in [-0.4, -0.2) is 22.5 Å². The van der Waals surface area contributed by atoms with Crippen molar-refractivity contribution in [3.05, 3.63) is 83.1 Å². The summed E-state index contributed by atoms with van der Waals surface area (Å²) in [6.45, 7) is 2.01. The van der Waals surface area contributed by atoms with E-state index in [-0.39, 0.29) is 17.5 Å². The number of hydrogen-bond donors (Lipinski definition) is 1. The van der Waals surface area contributed by atoms with Gasteiger partial charge in [0.1, 0.15) is 11.5 Å². The quantitative estimate of drug-likeness (QED) is 0.410. The highest BCUT2D eigenvalue weighted by Crippen LogP contribution is 2.31. The standard InChI is InChI=1S/C23H18F3N3O2S/c1-14-5-7-16(8-6-14)19-10-9-18(31-19)13-27-29-22-28-21(30)20(32-22)12-15-3-2-4-17(11-15)23(24,25)26/h2-11,13,20H,12H2,1H3,(H,28,29,30)/b27-13-/t20-/m1/s1. The number of benzene rings is 2. The fourth-order valence-corrected chi connectivity index (χ4v) is 4.07. The summed E-state index contributed by atoms with van der Waals surface area (Å²) >= 11 is 1.13. The Kier molecular flexibility index (Phi) is 6.18. The predicted octanol–water partition coefficient (Wildman–Crippen LogP) is 5.44. The van der Waals surface area contributed by atoms with E-state index in [0.29, 0.717) is 17.1 Å². The number of thioether (sulfide) groups is 1. The van der Waals surface area contributed by atoms with E-state index in [0.717, 1.165) is 35.0 Å². The molecule has 164 valence electrons. The van der Waals surface area contributed by atoms with Gasteiger partial charge in [0.15, 0.2) is 5.17 Å². The van der Waals surface area contributed by atoms with E-state index in [1.807, 2.05) is 37.3 Å². The van der Waals surface area contributed by atoms with Crippen LogP contribution < -0.4 is 5.32 Å². The number of hydrogen-bond acceptors (Lipinski definition) is 5. The molecule has 0 saturated carbocycles. The molecule has 1 aliphatic rings. The molecule has 3 aromatic rings. The summed E-state index contributed by atoms with van der Waals surface area (Å²) in [6.07, 6.45) is -2.84. The molecule has 1 amide bonds. The highest BCUT2D eigenvalue weighted by Gasteiger charge is 2.33. The number of alkyl halides is 3. The molecule has 1 atom stereocenters. The number of nitrogens with one attached hydrogen (secondary N) is 1. The van der Waals surface area contributed by atoms with Gasteiger partial charge < -0.3 is 9.73 Å². The average molecular weight is 457 g/mol. The molecule has 0 bridgehead atoms. The maximum atomic E-state index is 12.9. The van der Waals surface area contributed by atoms with Crippen molar-refractivity contribution in [1.82, 2.24) is 5.32 Å². The second-order valence-corrected chi connectivity index (χ2v) is 8.41. The molecule has 9 heteroatoms. The van der Waals surface area contributed by atoms with Gasteiger partial charge in [0.05, 0.1) is 17.0 Å². The zero-order chi connectivity index (χ0) is 22.7. The predicted molar refractivity (Wildman–Crippen MR) is 119 cm³/mol. The van der Waals surface area contributed by atoms with Crippen LogP contribution in [0.15, 0.2) is 75.3 Å². The highest BCUT2D eigenvalue weighted by atomic mass is 32.2. The minimum atomic E-state index is -4.42. The minimum absolute atomic E-state index is 0.154. The lowest BCUT2D eigenvalue weighted by atomic mass is 10.1. The van der Waals surface area contributed by atoms with Crippen LogP contribution in [-0.2, 0) is 17.4 Å². The van der Waals surface area contributed by atoms with Crippen molar-refractivity contribution in [2.45, 2.75) is 24.8 Å². The molecule has 0 spiro atoms. The number of carbonyl (C=O) groups is 1. The summed E-state index contributed by atoms with van der Waals surface area (Å²) in [5.41, 5.74) is 1.79. The Morgan fingerprint density at radius 1 is 1.12 bits per heavy atom. The maximum absolute atomic E-state index is 12.9. The Morgan fingerprint density at radius 2 is 1.91 bits per heavy atom. The molecule has 1 aromatic heterocycles. The first-order valence-corrected chi connectivity index (χ1v) is 10.6. The first-order chi connectivity index (χ1) is 15.3. The van der Waals surface area contributed by atoms with Crippen molar-refractivity contribution < 1.29 is 22.4 Å². The number of amides is 1. The molecule has 0 radical (unpaired) electrons. The van der Waals surface area contributed by atoms with Crippen LogP contribution in [0.1, 0.15) is 22.5 Å². The highest BCUT2D eigenvalue weighted by molar-refractivity contribution is 8.15. The van der Waals surface area contributed by atoms with Crippen LogP contribution in [0.5, 0.6) is 0 Å². The smallest absolute Gasteiger partial charge is 0.416 e. The van der Waals surface area contributed by atoms with Gasteiger partial charge in [-0.3, -0.25) is 4.79 Å².